The Morgan fingerprint density at radius 3 is 2.56 bits per heavy atom. The Hall–Kier alpha value is -1.19. The van der Waals surface area contributed by atoms with Crippen LogP contribution in [0.3, 0.4) is 0 Å². The SMILES string of the molecule is Cc1cc[n+](CC(=O)c2ccc(Br)cc2)c(Cl)c1. The van der Waals surface area contributed by atoms with E-state index in [-0.39, 0.29) is 12.3 Å². The molecule has 0 fully saturated rings. The number of Topliss-reactive ketones (excluding diaryl/α,β-unsaturated/α-hetero) is 1. The maximum Gasteiger partial charge on any atom is 0.275 e. The molecule has 0 unspecified atom stereocenters. The van der Waals surface area contributed by atoms with Crippen LogP contribution in [-0.2, 0) is 6.54 Å². The maximum atomic E-state index is 12.1. The summed E-state index contributed by atoms with van der Waals surface area (Å²) in [5.74, 6) is 0.0400. The van der Waals surface area contributed by atoms with Gasteiger partial charge in [0.05, 0.1) is 0 Å². The largest absolute Gasteiger partial charge is 0.287 e. The number of hydrogen-bond acceptors (Lipinski definition) is 1. The van der Waals surface area contributed by atoms with Gasteiger partial charge in [-0.15, -0.1) is 0 Å². The second-order valence-corrected chi connectivity index (χ2v) is 5.39. The Balaban J connectivity index is 2.18. The van der Waals surface area contributed by atoms with E-state index in [0.717, 1.165) is 10.0 Å². The fourth-order valence-corrected chi connectivity index (χ4v) is 2.16. The number of nitrogens with zero attached hydrogens (tertiary/aromatic N) is 1. The Bertz CT molecular complexity index is 581. The summed E-state index contributed by atoms with van der Waals surface area (Å²) >= 11 is 9.43. The molecule has 18 heavy (non-hydrogen) atoms. The number of ketones is 1. The van der Waals surface area contributed by atoms with Crippen LogP contribution in [0.5, 0.6) is 0 Å². The Kier molecular flexibility index (Phi) is 4.15. The van der Waals surface area contributed by atoms with E-state index in [9.17, 15) is 4.79 Å². The standard InChI is InChI=1S/C14H12BrClNO/c1-10-6-7-17(14(16)8-10)9-13(18)11-2-4-12(15)5-3-11/h2-8H,9H2,1H3/q+1. The lowest BCUT2D eigenvalue weighted by atomic mass is 10.1. The van der Waals surface area contributed by atoms with Crippen LogP contribution in [0.4, 0.5) is 0 Å². The second-order valence-electron chi connectivity index (χ2n) is 4.08. The first kappa shape index (κ1) is 13.2. The quantitative estimate of drug-likeness (QED) is 0.480. The van der Waals surface area contributed by atoms with Gasteiger partial charge in [0.15, 0.2) is 6.20 Å². The van der Waals surface area contributed by atoms with Crippen LogP contribution in [-0.4, -0.2) is 5.78 Å². The van der Waals surface area contributed by atoms with Gasteiger partial charge in [-0.1, -0.05) is 28.1 Å². The highest BCUT2D eigenvalue weighted by Crippen LogP contribution is 2.11. The predicted octanol–water partition coefficient (Wildman–Crippen LogP) is 3.58. The smallest absolute Gasteiger partial charge is 0.275 e. The summed E-state index contributed by atoms with van der Waals surface area (Å²) in [4.78, 5) is 12.1. The molecule has 0 N–H and O–H groups in total. The normalized spacial score (nSPS) is 10.4. The molecule has 92 valence electrons. The third kappa shape index (κ3) is 3.18. The molecule has 0 spiro atoms. The minimum absolute atomic E-state index is 0.0400. The third-order valence-corrected chi connectivity index (χ3v) is 3.47. The molecule has 2 nitrogen and oxygen atoms in total. The fourth-order valence-electron chi connectivity index (χ4n) is 1.61. The summed E-state index contributed by atoms with van der Waals surface area (Å²) in [5.41, 5.74) is 1.76. The molecule has 0 radical (unpaired) electrons. The molecule has 0 aliphatic rings. The number of pyridine rings is 1. The number of benzene rings is 1. The zero-order chi connectivity index (χ0) is 13.1. The van der Waals surface area contributed by atoms with E-state index in [1.807, 2.05) is 37.4 Å². The number of hydrogen-bond donors (Lipinski definition) is 0. The van der Waals surface area contributed by atoms with Crippen molar-refractivity contribution in [3.05, 3.63) is 63.3 Å². The van der Waals surface area contributed by atoms with Crippen molar-refractivity contribution in [2.45, 2.75) is 13.5 Å². The van der Waals surface area contributed by atoms with Crippen molar-refractivity contribution < 1.29 is 9.36 Å². The monoisotopic (exact) mass is 324 g/mol. The maximum absolute atomic E-state index is 12.1. The molecule has 0 aliphatic heterocycles. The predicted molar refractivity (Wildman–Crippen MR) is 74.9 cm³/mol. The first-order valence-corrected chi connectivity index (χ1v) is 6.68. The summed E-state index contributed by atoms with van der Waals surface area (Å²) in [6.45, 7) is 2.22. The van der Waals surface area contributed by atoms with Gasteiger partial charge in [0, 0.05) is 22.2 Å². The summed E-state index contributed by atoms with van der Waals surface area (Å²) in [7, 11) is 0. The van der Waals surface area contributed by atoms with Crippen molar-refractivity contribution in [3.63, 3.8) is 0 Å². The molecule has 2 aromatic rings. The molecule has 1 heterocycles. The Morgan fingerprint density at radius 2 is 1.94 bits per heavy atom. The number of halogens is 2. The molecule has 1 aromatic carbocycles. The molecular weight excluding hydrogens is 314 g/mol. The molecule has 0 bridgehead atoms. The van der Waals surface area contributed by atoms with E-state index in [4.69, 9.17) is 11.6 Å². The topological polar surface area (TPSA) is 20.9 Å². The van der Waals surface area contributed by atoms with E-state index in [2.05, 4.69) is 15.9 Å². The van der Waals surface area contributed by atoms with E-state index in [1.165, 1.54) is 0 Å². The van der Waals surface area contributed by atoms with Gasteiger partial charge in [-0.25, -0.2) is 0 Å². The van der Waals surface area contributed by atoms with Crippen LogP contribution < -0.4 is 4.57 Å². The van der Waals surface area contributed by atoms with E-state index >= 15 is 0 Å². The Morgan fingerprint density at radius 1 is 1.28 bits per heavy atom. The summed E-state index contributed by atoms with van der Waals surface area (Å²) < 4.78 is 2.69. The molecule has 0 atom stereocenters. The van der Waals surface area contributed by atoms with Crippen LogP contribution in [0.15, 0.2) is 47.1 Å². The summed E-state index contributed by atoms with van der Waals surface area (Å²) in [6.07, 6.45) is 1.83. The van der Waals surface area contributed by atoms with Crippen molar-refractivity contribution in [1.29, 1.82) is 0 Å². The Labute approximate surface area is 119 Å². The average Bonchev–Trinajstić information content (AvgIpc) is 2.33. The summed E-state index contributed by atoms with van der Waals surface area (Å²) in [5, 5.41) is 0.570. The average molecular weight is 326 g/mol. The van der Waals surface area contributed by atoms with Crippen molar-refractivity contribution in [2.24, 2.45) is 0 Å². The highest BCUT2D eigenvalue weighted by atomic mass is 79.9. The zero-order valence-electron chi connectivity index (χ0n) is 9.86. The van der Waals surface area contributed by atoms with Crippen LogP contribution in [0.2, 0.25) is 5.15 Å². The van der Waals surface area contributed by atoms with Crippen LogP contribution in [0.1, 0.15) is 15.9 Å². The van der Waals surface area contributed by atoms with E-state index in [1.54, 1.807) is 16.7 Å². The van der Waals surface area contributed by atoms with Gasteiger partial charge in [0.1, 0.15) is 0 Å². The first-order valence-electron chi connectivity index (χ1n) is 5.50. The minimum Gasteiger partial charge on any atom is -0.287 e. The van der Waals surface area contributed by atoms with Gasteiger partial charge in [-0.2, -0.15) is 4.57 Å². The number of carbonyl (C=O) groups excluding carboxylic acids is 1. The van der Waals surface area contributed by atoms with Crippen LogP contribution in [0.25, 0.3) is 0 Å². The molecule has 4 heteroatoms. The van der Waals surface area contributed by atoms with Crippen molar-refractivity contribution >= 4 is 33.3 Å². The highest BCUT2D eigenvalue weighted by Gasteiger charge is 2.15. The van der Waals surface area contributed by atoms with Crippen molar-refractivity contribution in [2.75, 3.05) is 0 Å². The number of carbonyl (C=O) groups is 1. The molecule has 0 saturated heterocycles. The fraction of sp³-hybridized carbons (Fsp3) is 0.143. The third-order valence-electron chi connectivity index (χ3n) is 2.62. The van der Waals surface area contributed by atoms with Gasteiger partial charge in [-0.05, 0) is 36.2 Å². The molecule has 1 aromatic heterocycles. The van der Waals surface area contributed by atoms with Crippen molar-refractivity contribution in [3.8, 4) is 0 Å². The lowest BCUT2D eigenvalue weighted by Gasteiger charge is -2.00. The first-order chi connectivity index (χ1) is 8.56. The minimum atomic E-state index is 0.0400. The van der Waals surface area contributed by atoms with Gasteiger partial charge in [0.25, 0.3) is 5.15 Å². The van der Waals surface area contributed by atoms with Gasteiger partial charge < -0.3 is 0 Å². The highest BCUT2D eigenvalue weighted by molar-refractivity contribution is 9.10. The number of aromatic nitrogens is 1. The van der Waals surface area contributed by atoms with Crippen molar-refractivity contribution in [1.82, 2.24) is 0 Å². The molecular formula is C14H12BrClNO+. The van der Waals surface area contributed by atoms with Gasteiger partial charge >= 0.3 is 0 Å². The lowest BCUT2D eigenvalue weighted by molar-refractivity contribution is -0.681. The van der Waals surface area contributed by atoms with Crippen LogP contribution >= 0.6 is 27.5 Å². The molecule has 0 amide bonds. The summed E-state index contributed by atoms with van der Waals surface area (Å²) in [6, 6.07) is 11.1. The second kappa shape index (κ2) is 5.63. The molecule has 2 rings (SSSR count). The lowest BCUT2D eigenvalue weighted by Crippen LogP contribution is -2.38. The number of aryl methyl sites for hydroxylation is 1. The molecule has 0 saturated carbocycles. The van der Waals surface area contributed by atoms with Gasteiger partial charge in [-0.3, -0.25) is 4.79 Å². The number of rotatable bonds is 3. The van der Waals surface area contributed by atoms with E-state index < -0.39 is 0 Å². The molecule has 0 aliphatic carbocycles. The zero-order valence-corrected chi connectivity index (χ0v) is 12.2. The van der Waals surface area contributed by atoms with Crippen LogP contribution in [0, 0.1) is 6.92 Å². The van der Waals surface area contributed by atoms with E-state index in [0.29, 0.717) is 10.7 Å². The van der Waals surface area contributed by atoms with Gasteiger partial charge in [0.2, 0.25) is 12.3 Å².